The van der Waals surface area contributed by atoms with Crippen LogP contribution in [0.25, 0.3) is 21.3 Å². The van der Waals surface area contributed by atoms with Crippen molar-refractivity contribution in [1.82, 2.24) is 14.9 Å². The third-order valence-electron chi connectivity index (χ3n) is 4.10. The highest BCUT2D eigenvalue weighted by molar-refractivity contribution is 7.17. The molecule has 2 heterocycles. The van der Waals surface area contributed by atoms with Gasteiger partial charge in [0.1, 0.15) is 11.4 Å². The standard InChI is InChI=1S/C18H18N4O4S/c1-2-3-7-19-15(23)9-21-11-20-17-16(18(21)24)14(10-27-17)12-5-4-6-13(8-12)22(25)26/h4-6,8,10-11H,2-3,7,9H2,1H3,(H,19,23). The van der Waals surface area contributed by atoms with E-state index in [1.807, 2.05) is 6.92 Å². The number of hydrogen-bond acceptors (Lipinski definition) is 6. The van der Waals surface area contributed by atoms with E-state index < -0.39 is 4.92 Å². The summed E-state index contributed by atoms with van der Waals surface area (Å²) < 4.78 is 1.26. The monoisotopic (exact) mass is 386 g/mol. The van der Waals surface area contributed by atoms with Gasteiger partial charge in [0.2, 0.25) is 5.91 Å². The van der Waals surface area contributed by atoms with E-state index in [0.717, 1.165) is 12.8 Å². The fraction of sp³-hybridized carbons (Fsp3) is 0.278. The van der Waals surface area contributed by atoms with Crippen LogP contribution in [-0.4, -0.2) is 26.9 Å². The van der Waals surface area contributed by atoms with Crippen LogP contribution in [0.1, 0.15) is 19.8 Å². The molecule has 140 valence electrons. The van der Waals surface area contributed by atoms with Crippen LogP contribution in [-0.2, 0) is 11.3 Å². The number of amides is 1. The van der Waals surface area contributed by atoms with Gasteiger partial charge in [-0.1, -0.05) is 25.5 Å². The maximum absolute atomic E-state index is 12.9. The summed E-state index contributed by atoms with van der Waals surface area (Å²) >= 11 is 1.29. The van der Waals surface area contributed by atoms with E-state index >= 15 is 0 Å². The summed E-state index contributed by atoms with van der Waals surface area (Å²) in [5.41, 5.74) is 0.760. The zero-order valence-electron chi connectivity index (χ0n) is 14.7. The van der Waals surface area contributed by atoms with Crippen molar-refractivity contribution in [3.63, 3.8) is 0 Å². The maximum atomic E-state index is 12.9. The molecule has 0 radical (unpaired) electrons. The Bertz CT molecular complexity index is 1060. The first kappa shape index (κ1) is 18.7. The Labute approximate surface area is 158 Å². The molecule has 0 spiro atoms. The molecule has 0 bridgehead atoms. The predicted molar refractivity (Wildman–Crippen MR) is 104 cm³/mol. The highest BCUT2D eigenvalue weighted by Gasteiger charge is 2.16. The van der Waals surface area contributed by atoms with Gasteiger partial charge in [0.25, 0.3) is 11.2 Å². The van der Waals surface area contributed by atoms with Crippen molar-refractivity contribution in [3.8, 4) is 11.1 Å². The van der Waals surface area contributed by atoms with Crippen molar-refractivity contribution in [2.45, 2.75) is 26.3 Å². The molecule has 0 aliphatic heterocycles. The molecule has 0 aliphatic carbocycles. The molecule has 8 nitrogen and oxygen atoms in total. The molecule has 0 aliphatic rings. The van der Waals surface area contributed by atoms with Gasteiger partial charge in [-0.2, -0.15) is 0 Å². The first-order valence-corrected chi connectivity index (χ1v) is 9.37. The molecular formula is C18H18N4O4S. The summed E-state index contributed by atoms with van der Waals surface area (Å²) in [5.74, 6) is -0.251. The van der Waals surface area contributed by atoms with Crippen molar-refractivity contribution < 1.29 is 9.72 Å². The summed E-state index contributed by atoms with van der Waals surface area (Å²) in [7, 11) is 0. The third-order valence-corrected chi connectivity index (χ3v) is 4.98. The van der Waals surface area contributed by atoms with E-state index in [0.29, 0.717) is 27.9 Å². The zero-order valence-corrected chi connectivity index (χ0v) is 15.5. The lowest BCUT2D eigenvalue weighted by Gasteiger charge is -2.07. The summed E-state index contributed by atoms with van der Waals surface area (Å²) in [5, 5.41) is 15.9. The number of nitro benzene ring substituents is 1. The van der Waals surface area contributed by atoms with Gasteiger partial charge in [-0.05, 0) is 12.0 Å². The number of carbonyl (C=O) groups excluding carboxylic acids is 1. The third kappa shape index (κ3) is 4.03. The Morgan fingerprint density at radius 2 is 2.22 bits per heavy atom. The fourth-order valence-electron chi connectivity index (χ4n) is 2.69. The second kappa shape index (κ2) is 8.09. The molecule has 3 rings (SSSR count). The molecule has 3 aromatic rings. The van der Waals surface area contributed by atoms with Gasteiger partial charge in [0.15, 0.2) is 0 Å². The molecular weight excluding hydrogens is 368 g/mol. The number of benzene rings is 1. The summed E-state index contributed by atoms with van der Waals surface area (Å²) in [6.07, 6.45) is 3.20. The Morgan fingerprint density at radius 1 is 1.41 bits per heavy atom. The van der Waals surface area contributed by atoms with Crippen molar-refractivity contribution in [2.24, 2.45) is 0 Å². The first-order chi connectivity index (χ1) is 13.0. The molecule has 1 amide bonds. The van der Waals surface area contributed by atoms with Gasteiger partial charge in [-0.25, -0.2) is 4.98 Å². The van der Waals surface area contributed by atoms with Crippen LogP contribution in [0.15, 0.2) is 40.8 Å². The topological polar surface area (TPSA) is 107 Å². The largest absolute Gasteiger partial charge is 0.355 e. The van der Waals surface area contributed by atoms with E-state index in [4.69, 9.17) is 0 Å². The van der Waals surface area contributed by atoms with Crippen molar-refractivity contribution in [3.05, 3.63) is 56.4 Å². The quantitative estimate of drug-likeness (QED) is 0.382. The minimum atomic E-state index is -0.477. The highest BCUT2D eigenvalue weighted by Crippen LogP contribution is 2.32. The van der Waals surface area contributed by atoms with Crippen LogP contribution >= 0.6 is 11.3 Å². The van der Waals surface area contributed by atoms with E-state index in [9.17, 15) is 19.7 Å². The number of aromatic nitrogens is 2. The zero-order chi connectivity index (χ0) is 19.4. The van der Waals surface area contributed by atoms with Crippen molar-refractivity contribution >= 4 is 33.1 Å². The SMILES string of the molecule is CCCCNC(=O)Cn1cnc2scc(-c3cccc([N+](=O)[O-])c3)c2c1=O. The maximum Gasteiger partial charge on any atom is 0.270 e. The number of unbranched alkanes of at least 4 members (excludes halogenated alkanes) is 1. The first-order valence-electron chi connectivity index (χ1n) is 8.49. The van der Waals surface area contributed by atoms with E-state index in [1.165, 1.54) is 34.4 Å². The van der Waals surface area contributed by atoms with Crippen LogP contribution in [0, 0.1) is 10.1 Å². The van der Waals surface area contributed by atoms with Gasteiger partial charge < -0.3 is 5.32 Å². The Balaban J connectivity index is 1.97. The highest BCUT2D eigenvalue weighted by atomic mass is 32.1. The molecule has 1 N–H and O–H groups in total. The minimum absolute atomic E-state index is 0.0497. The number of nitrogens with zero attached hydrogens (tertiary/aromatic N) is 3. The predicted octanol–water partition coefficient (Wildman–Crippen LogP) is 2.95. The fourth-order valence-corrected chi connectivity index (χ4v) is 3.60. The van der Waals surface area contributed by atoms with Crippen LogP contribution < -0.4 is 10.9 Å². The average molecular weight is 386 g/mol. The second-order valence-corrected chi connectivity index (χ2v) is 6.88. The lowest BCUT2D eigenvalue weighted by Crippen LogP contribution is -2.32. The van der Waals surface area contributed by atoms with Crippen molar-refractivity contribution in [1.29, 1.82) is 0 Å². The van der Waals surface area contributed by atoms with Crippen LogP contribution in [0.4, 0.5) is 5.69 Å². The van der Waals surface area contributed by atoms with Gasteiger partial charge in [-0.3, -0.25) is 24.3 Å². The molecule has 0 saturated carbocycles. The number of nitrogens with one attached hydrogen (secondary N) is 1. The number of fused-ring (bicyclic) bond motifs is 1. The number of carbonyl (C=O) groups is 1. The minimum Gasteiger partial charge on any atom is -0.355 e. The van der Waals surface area contributed by atoms with Crippen molar-refractivity contribution in [2.75, 3.05) is 6.54 Å². The summed E-state index contributed by atoms with van der Waals surface area (Å²) in [4.78, 5) is 40.2. The van der Waals surface area contributed by atoms with Crippen LogP contribution in [0.3, 0.4) is 0 Å². The number of rotatable bonds is 7. The van der Waals surface area contributed by atoms with Gasteiger partial charge in [0, 0.05) is 29.6 Å². The normalized spacial score (nSPS) is 10.9. The second-order valence-electron chi connectivity index (χ2n) is 6.02. The molecule has 0 fully saturated rings. The Morgan fingerprint density at radius 3 is 2.96 bits per heavy atom. The Kier molecular flexibility index (Phi) is 5.60. The Hall–Kier alpha value is -3.07. The smallest absolute Gasteiger partial charge is 0.270 e. The number of non-ortho nitro benzene ring substituents is 1. The van der Waals surface area contributed by atoms with Crippen LogP contribution in [0.2, 0.25) is 0 Å². The number of thiophene rings is 1. The molecule has 9 heteroatoms. The van der Waals surface area contributed by atoms with E-state index in [-0.39, 0.29) is 23.7 Å². The summed E-state index contributed by atoms with van der Waals surface area (Å²) in [6, 6.07) is 6.11. The lowest BCUT2D eigenvalue weighted by atomic mass is 10.1. The molecule has 27 heavy (non-hydrogen) atoms. The molecule has 0 atom stereocenters. The number of nitro groups is 1. The van der Waals surface area contributed by atoms with E-state index in [1.54, 1.807) is 17.5 Å². The lowest BCUT2D eigenvalue weighted by molar-refractivity contribution is -0.384. The van der Waals surface area contributed by atoms with Gasteiger partial charge in [0.05, 0.1) is 16.6 Å². The number of hydrogen-bond donors (Lipinski definition) is 1. The molecule has 0 unspecified atom stereocenters. The van der Waals surface area contributed by atoms with Crippen LogP contribution in [0.5, 0.6) is 0 Å². The van der Waals surface area contributed by atoms with Gasteiger partial charge in [-0.15, -0.1) is 11.3 Å². The summed E-state index contributed by atoms with van der Waals surface area (Å²) in [6.45, 7) is 2.48. The molecule has 1 aromatic carbocycles. The van der Waals surface area contributed by atoms with Gasteiger partial charge >= 0.3 is 0 Å². The average Bonchev–Trinajstić information content (AvgIpc) is 3.09. The molecule has 2 aromatic heterocycles. The van der Waals surface area contributed by atoms with E-state index in [2.05, 4.69) is 10.3 Å². The molecule has 0 saturated heterocycles.